The number of nitrogens with one attached hydrogen (secondary N) is 1. The molecule has 3 rings (SSSR count). The van der Waals surface area contributed by atoms with Gasteiger partial charge in [-0.2, -0.15) is 0 Å². The van der Waals surface area contributed by atoms with Crippen LogP contribution in [0.2, 0.25) is 0 Å². The monoisotopic (exact) mass is 356 g/mol. The molecule has 0 spiro atoms. The standard InChI is InChI=1S/C17H20N6OS/c1-10-8-12(21-14(19-10)17(3,4)5)13-11(2)20-15(25-13)22-16(24)23-7-6-18-9-23/h6-9H,1-5H3,(H,20,22,24). The second-order valence-electron chi connectivity index (χ2n) is 6.80. The molecular formula is C17H20N6OS. The summed E-state index contributed by atoms with van der Waals surface area (Å²) in [6.07, 6.45) is 4.58. The summed E-state index contributed by atoms with van der Waals surface area (Å²) in [4.78, 5) is 30.6. The van der Waals surface area contributed by atoms with E-state index in [1.165, 1.54) is 22.2 Å². The molecule has 3 heterocycles. The molecule has 130 valence electrons. The summed E-state index contributed by atoms with van der Waals surface area (Å²) in [6.45, 7) is 10.1. The van der Waals surface area contributed by atoms with Gasteiger partial charge in [0.2, 0.25) is 0 Å². The van der Waals surface area contributed by atoms with Crippen LogP contribution in [0.1, 0.15) is 38.0 Å². The van der Waals surface area contributed by atoms with Crippen LogP contribution in [0, 0.1) is 13.8 Å². The summed E-state index contributed by atoms with van der Waals surface area (Å²) in [5.74, 6) is 0.791. The normalized spacial score (nSPS) is 11.6. The molecule has 0 radical (unpaired) electrons. The molecule has 25 heavy (non-hydrogen) atoms. The highest BCUT2D eigenvalue weighted by atomic mass is 32.1. The maximum atomic E-state index is 12.1. The molecule has 0 aromatic carbocycles. The first kappa shape index (κ1) is 17.2. The topological polar surface area (TPSA) is 85.6 Å². The average molecular weight is 356 g/mol. The van der Waals surface area contributed by atoms with Gasteiger partial charge in [0.1, 0.15) is 12.2 Å². The van der Waals surface area contributed by atoms with Crippen molar-refractivity contribution < 1.29 is 4.79 Å². The quantitative estimate of drug-likeness (QED) is 0.755. The van der Waals surface area contributed by atoms with Crippen LogP contribution >= 0.6 is 11.3 Å². The molecule has 3 aromatic heterocycles. The maximum Gasteiger partial charge on any atom is 0.333 e. The molecule has 0 bridgehead atoms. The van der Waals surface area contributed by atoms with Gasteiger partial charge in [-0.15, -0.1) is 0 Å². The van der Waals surface area contributed by atoms with Gasteiger partial charge in [0.25, 0.3) is 0 Å². The van der Waals surface area contributed by atoms with Crippen molar-refractivity contribution in [2.75, 3.05) is 5.32 Å². The van der Waals surface area contributed by atoms with Crippen LogP contribution < -0.4 is 5.32 Å². The fourth-order valence-electron chi connectivity index (χ4n) is 2.24. The fourth-order valence-corrected chi connectivity index (χ4v) is 3.16. The highest BCUT2D eigenvalue weighted by Crippen LogP contribution is 2.33. The van der Waals surface area contributed by atoms with Crippen molar-refractivity contribution in [3.63, 3.8) is 0 Å². The zero-order chi connectivity index (χ0) is 18.2. The molecule has 8 heteroatoms. The Kier molecular flexibility index (Phi) is 4.38. The van der Waals surface area contributed by atoms with E-state index in [4.69, 9.17) is 4.98 Å². The maximum absolute atomic E-state index is 12.1. The lowest BCUT2D eigenvalue weighted by Crippen LogP contribution is -2.17. The lowest BCUT2D eigenvalue weighted by atomic mass is 9.95. The predicted molar refractivity (Wildman–Crippen MR) is 98.0 cm³/mol. The number of hydrogen-bond donors (Lipinski definition) is 1. The molecule has 3 aromatic rings. The first-order valence-electron chi connectivity index (χ1n) is 7.87. The summed E-state index contributed by atoms with van der Waals surface area (Å²) in [5.41, 5.74) is 2.42. The Morgan fingerprint density at radius 3 is 2.60 bits per heavy atom. The smallest absolute Gasteiger partial charge is 0.283 e. The Bertz CT molecular complexity index is 908. The van der Waals surface area contributed by atoms with Gasteiger partial charge in [0, 0.05) is 23.5 Å². The molecule has 0 saturated heterocycles. The summed E-state index contributed by atoms with van der Waals surface area (Å²) in [7, 11) is 0. The van der Waals surface area contributed by atoms with Gasteiger partial charge in [-0.05, 0) is 19.9 Å². The van der Waals surface area contributed by atoms with Crippen molar-refractivity contribution in [3.05, 3.63) is 42.0 Å². The molecule has 0 unspecified atom stereocenters. The molecule has 0 aliphatic rings. The van der Waals surface area contributed by atoms with E-state index in [9.17, 15) is 4.79 Å². The first-order valence-corrected chi connectivity index (χ1v) is 8.69. The van der Waals surface area contributed by atoms with E-state index in [1.54, 1.807) is 12.4 Å². The number of carbonyl (C=O) groups is 1. The van der Waals surface area contributed by atoms with Crippen LogP contribution in [-0.4, -0.2) is 30.5 Å². The predicted octanol–water partition coefficient (Wildman–Crippen LogP) is 3.79. The van der Waals surface area contributed by atoms with Crippen LogP contribution in [0.5, 0.6) is 0 Å². The molecule has 7 nitrogen and oxygen atoms in total. The van der Waals surface area contributed by atoms with E-state index >= 15 is 0 Å². The number of aryl methyl sites for hydroxylation is 2. The number of thiazole rings is 1. The highest BCUT2D eigenvalue weighted by Gasteiger charge is 2.21. The van der Waals surface area contributed by atoms with Crippen LogP contribution in [0.4, 0.5) is 9.93 Å². The third-order valence-electron chi connectivity index (χ3n) is 3.51. The average Bonchev–Trinajstić information content (AvgIpc) is 3.15. The summed E-state index contributed by atoms with van der Waals surface area (Å²) in [6, 6.07) is 1.64. The van der Waals surface area contributed by atoms with Gasteiger partial charge in [-0.1, -0.05) is 32.1 Å². The lowest BCUT2D eigenvalue weighted by molar-refractivity contribution is 0.253. The number of imidazole rings is 1. The molecule has 0 saturated carbocycles. The zero-order valence-corrected chi connectivity index (χ0v) is 15.7. The van der Waals surface area contributed by atoms with E-state index in [2.05, 4.69) is 41.0 Å². The fraction of sp³-hybridized carbons (Fsp3) is 0.353. The van der Waals surface area contributed by atoms with E-state index < -0.39 is 0 Å². The van der Waals surface area contributed by atoms with E-state index in [0.29, 0.717) is 5.13 Å². The Hall–Kier alpha value is -2.61. The molecule has 1 N–H and O–H groups in total. The van der Waals surface area contributed by atoms with Gasteiger partial charge in [-0.25, -0.2) is 24.7 Å². The van der Waals surface area contributed by atoms with Crippen LogP contribution in [0.3, 0.4) is 0 Å². The zero-order valence-electron chi connectivity index (χ0n) is 14.9. The number of aromatic nitrogens is 5. The van der Waals surface area contributed by atoms with Gasteiger partial charge in [-0.3, -0.25) is 9.88 Å². The van der Waals surface area contributed by atoms with Crippen LogP contribution in [0.25, 0.3) is 10.6 Å². The van der Waals surface area contributed by atoms with Crippen molar-refractivity contribution in [2.24, 2.45) is 0 Å². The van der Waals surface area contributed by atoms with Gasteiger partial charge in [0.05, 0.1) is 16.3 Å². The third-order valence-corrected chi connectivity index (χ3v) is 4.60. The number of carbonyl (C=O) groups excluding carboxylic acids is 1. The highest BCUT2D eigenvalue weighted by molar-refractivity contribution is 7.19. The first-order chi connectivity index (χ1) is 11.7. The van der Waals surface area contributed by atoms with E-state index in [-0.39, 0.29) is 11.4 Å². The molecular weight excluding hydrogens is 336 g/mol. The van der Waals surface area contributed by atoms with Crippen molar-refractivity contribution in [3.8, 4) is 10.6 Å². The van der Waals surface area contributed by atoms with Gasteiger partial charge >= 0.3 is 6.03 Å². The van der Waals surface area contributed by atoms with E-state index in [1.807, 2.05) is 19.9 Å². The Morgan fingerprint density at radius 1 is 1.20 bits per heavy atom. The summed E-state index contributed by atoms with van der Waals surface area (Å²) >= 11 is 1.40. The van der Waals surface area contributed by atoms with Crippen molar-refractivity contribution in [1.29, 1.82) is 0 Å². The molecule has 0 aliphatic heterocycles. The number of anilines is 1. The van der Waals surface area contributed by atoms with Crippen molar-refractivity contribution >= 4 is 22.5 Å². The Morgan fingerprint density at radius 2 is 1.96 bits per heavy atom. The molecule has 1 amide bonds. The summed E-state index contributed by atoms with van der Waals surface area (Å²) < 4.78 is 1.36. The number of nitrogens with zero attached hydrogens (tertiary/aromatic N) is 5. The second-order valence-corrected chi connectivity index (χ2v) is 7.80. The second kappa shape index (κ2) is 6.36. The van der Waals surface area contributed by atoms with Crippen LogP contribution in [0.15, 0.2) is 24.8 Å². The third kappa shape index (κ3) is 3.74. The molecule has 0 atom stereocenters. The van der Waals surface area contributed by atoms with Gasteiger partial charge < -0.3 is 0 Å². The largest absolute Gasteiger partial charge is 0.333 e. The Labute approximate surface area is 150 Å². The van der Waals surface area contributed by atoms with E-state index in [0.717, 1.165) is 27.8 Å². The Balaban J connectivity index is 1.93. The lowest BCUT2D eigenvalue weighted by Gasteiger charge is -2.17. The minimum atomic E-state index is -0.299. The molecule has 0 aliphatic carbocycles. The minimum absolute atomic E-state index is 0.141. The number of amides is 1. The van der Waals surface area contributed by atoms with Crippen molar-refractivity contribution in [1.82, 2.24) is 24.5 Å². The number of rotatable bonds is 2. The summed E-state index contributed by atoms with van der Waals surface area (Å²) in [5, 5.41) is 3.31. The van der Waals surface area contributed by atoms with Crippen molar-refractivity contribution in [2.45, 2.75) is 40.0 Å². The minimum Gasteiger partial charge on any atom is -0.283 e. The molecule has 0 fully saturated rings. The number of hydrogen-bond acceptors (Lipinski definition) is 6. The van der Waals surface area contributed by atoms with Gasteiger partial charge in [0.15, 0.2) is 5.13 Å². The SMILES string of the molecule is Cc1cc(-c2sc(NC(=O)n3ccnc3)nc2C)nc(C(C)(C)C)n1. The van der Waals surface area contributed by atoms with Crippen LogP contribution in [-0.2, 0) is 5.41 Å².